The summed E-state index contributed by atoms with van der Waals surface area (Å²) in [6.45, 7) is 3.91. The lowest BCUT2D eigenvalue weighted by molar-refractivity contribution is -0.137. The van der Waals surface area contributed by atoms with E-state index >= 15 is 0 Å². The third kappa shape index (κ3) is 5.85. The number of carbonyl (C=O) groups excluding carboxylic acids is 1. The zero-order valence-corrected chi connectivity index (χ0v) is 18.2. The zero-order chi connectivity index (χ0) is 23.1. The zero-order valence-electron chi connectivity index (χ0n) is 18.2. The largest absolute Gasteiger partial charge is 0.496 e. The van der Waals surface area contributed by atoms with Crippen LogP contribution in [0, 0.1) is 0 Å². The molecular weight excluding hydrogens is 423 g/mol. The van der Waals surface area contributed by atoms with E-state index in [2.05, 4.69) is 15.5 Å². The lowest BCUT2D eigenvalue weighted by atomic mass is 10.0. The summed E-state index contributed by atoms with van der Waals surface area (Å²) >= 11 is 0. The van der Waals surface area contributed by atoms with Crippen LogP contribution >= 0.6 is 0 Å². The van der Waals surface area contributed by atoms with Gasteiger partial charge in [-0.25, -0.2) is 4.79 Å². The average Bonchev–Trinajstić information content (AvgIpc) is 3.29. The first-order valence-electron chi connectivity index (χ1n) is 10.6. The third-order valence-electron chi connectivity index (χ3n) is 5.39. The SMILES string of the molecule is CCOc1ccc(NC(=O)NCC(c2ccccc2OC)N2CCCC2)c(C(F)(F)F)c1. The monoisotopic (exact) mass is 451 g/mol. The van der Waals surface area contributed by atoms with Gasteiger partial charge in [-0.05, 0) is 57.1 Å². The molecule has 0 aliphatic carbocycles. The molecular formula is C23H28F3N3O3. The fraction of sp³-hybridized carbons (Fsp3) is 0.435. The highest BCUT2D eigenvalue weighted by atomic mass is 19.4. The first kappa shape index (κ1) is 23.7. The highest BCUT2D eigenvalue weighted by Gasteiger charge is 2.35. The van der Waals surface area contributed by atoms with Crippen molar-refractivity contribution in [1.82, 2.24) is 10.2 Å². The van der Waals surface area contributed by atoms with E-state index in [-0.39, 0.29) is 30.6 Å². The molecule has 1 aliphatic heterocycles. The predicted octanol–water partition coefficient (Wildman–Crippen LogP) is 5.07. The van der Waals surface area contributed by atoms with Crippen LogP contribution in [-0.2, 0) is 6.18 Å². The van der Waals surface area contributed by atoms with E-state index < -0.39 is 17.8 Å². The summed E-state index contributed by atoms with van der Waals surface area (Å²) < 4.78 is 51.1. The molecule has 0 spiro atoms. The summed E-state index contributed by atoms with van der Waals surface area (Å²) in [5, 5.41) is 5.07. The number of likely N-dealkylation sites (tertiary alicyclic amines) is 1. The predicted molar refractivity (Wildman–Crippen MR) is 116 cm³/mol. The molecule has 1 saturated heterocycles. The minimum atomic E-state index is -4.63. The number of para-hydroxylation sites is 1. The number of carbonyl (C=O) groups is 1. The van der Waals surface area contributed by atoms with E-state index in [0.29, 0.717) is 5.75 Å². The van der Waals surface area contributed by atoms with Crippen molar-refractivity contribution in [2.45, 2.75) is 32.0 Å². The number of methoxy groups -OCH3 is 1. The van der Waals surface area contributed by atoms with Crippen LogP contribution in [0.15, 0.2) is 42.5 Å². The van der Waals surface area contributed by atoms with Crippen LogP contribution < -0.4 is 20.1 Å². The second-order valence-electron chi connectivity index (χ2n) is 7.47. The van der Waals surface area contributed by atoms with Crippen LogP contribution in [0.1, 0.15) is 36.9 Å². The molecule has 0 radical (unpaired) electrons. The normalized spacial score (nSPS) is 15.3. The number of rotatable bonds is 8. The van der Waals surface area contributed by atoms with Crippen LogP contribution in [-0.4, -0.2) is 44.3 Å². The Hall–Kier alpha value is -2.94. The maximum absolute atomic E-state index is 13.5. The number of anilines is 1. The standard InChI is InChI=1S/C23H28F3N3O3/c1-3-32-16-10-11-19(18(14-16)23(24,25)26)28-22(30)27-15-20(29-12-6-7-13-29)17-8-4-5-9-21(17)31-2/h4-5,8-11,14,20H,3,6-7,12-13,15H2,1-2H3,(H2,27,28,30). The number of hydrogen-bond donors (Lipinski definition) is 2. The fourth-order valence-corrected chi connectivity index (χ4v) is 3.91. The Kier molecular flexibility index (Phi) is 7.84. The molecule has 2 aromatic rings. The molecule has 1 heterocycles. The summed E-state index contributed by atoms with van der Waals surface area (Å²) in [5.41, 5.74) is -0.359. The number of nitrogens with zero attached hydrogens (tertiary/aromatic N) is 1. The van der Waals surface area contributed by atoms with Crippen molar-refractivity contribution in [3.8, 4) is 11.5 Å². The Morgan fingerprint density at radius 2 is 1.88 bits per heavy atom. The number of benzene rings is 2. The van der Waals surface area contributed by atoms with Crippen molar-refractivity contribution in [1.29, 1.82) is 0 Å². The second-order valence-corrected chi connectivity index (χ2v) is 7.47. The van der Waals surface area contributed by atoms with Crippen molar-refractivity contribution in [2.75, 3.05) is 38.7 Å². The van der Waals surface area contributed by atoms with Gasteiger partial charge >= 0.3 is 12.2 Å². The van der Waals surface area contributed by atoms with Crippen LogP contribution in [0.4, 0.5) is 23.7 Å². The van der Waals surface area contributed by atoms with Gasteiger partial charge < -0.3 is 20.1 Å². The summed E-state index contributed by atoms with van der Waals surface area (Å²) in [6, 6.07) is 10.2. The molecule has 0 saturated carbocycles. The van der Waals surface area contributed by atoms with Crippen molar-refractivity contribution in [3.05, 3.63) is 53.6 Å². The van der Waals surface area contributed by atoms with Gasteiger partial charge in [0.1, 0.15) is 11.5 Å². The van der Waals surface area contributed by atoms with Crippen LogP contribution in [0.2, 0.25) is 0 Å². The molecule has 0 bridgehead atoms. The Balaban J connectivity index is 1.74. The minimum absolute atomic E-state index is 0.0936. The third-order valence-corrected chi connectivity index (χ3v) is 5.39. The Morgan fingerprint density at radius 3 is 2.53 bits per heavy atom. The molecule has 6 nitrogen and oxygen atoms in total. The molecule has 9 heteroatoms. The quantitative estimate of drug-likeness (QED) is 0.588. The van der Waals surface area contributed by atoms with E-state index in [1.807, 2.05) is 24.3 Å². The maximum Gasteiger partial charge on any atom is 0.418 e. The first-order valence-corrected chi connectivity index (χ1v) is 10.6. The van der Waals surface area contributed by atoms with Crippen molar-refractivity contribution in [3.63, 3.8) is 0 Å². The lowest BCUT2D eigenvalue weighted by Crippen LogP contribution is -2.39. The van der Waals surface area contributed by atoms with Gasteiger partial charge in [0.05, 0.1) is 31.0 Å². The van der Waals surface area contributed by atoms with E-state index in [1.165, 1.54) is 12.1 Å². The molecule has 1 unspecified atom stereocenters. The number of urea groups is 1. The van der Waals surface area contributed by atoms with Crippen molar-refractivity contribution < 1.29 is 27.4 Å². The minimum Gasteiger partial charge on any atom is -0.496 e. The van der Waals surface area contributed by atoms with E-state index in [0.717, 1.165) is 37.6 Å². The highest BCUT2D eigenvalue weighted by molar-refractivity contribution is 5.90. The topological polar surface area (TPSA) is 62.8 Å². The number of alkyl halides is 3. The second kappa shape index (κ2) is 10.6. The van der Waals surface area contributed by atoms with E-state index in [1.54, 1.807) is 14.0 Å². The van der Waals surface area contributed by atoms with Gasteiger partial charge in [0, 0.05) is 12.1 Å². The number of amides is 2. The van der Waals surface area contributed by atoms with Crippen molar-refractivity contribution in [2.24, 2.45) is 0 Å². The van der Waals surface area contributed by atoms with Gasteiger partial charge in [-0.1, -0.05) is 18.2 Å². The molecule has 3 rings (SSSR count). The molecule has 1 fully saturated rings. The smallest absolute Gasteiger partial charge is 0.418 e. The summed E-state index contributed by atoms with van der Waals surface area (Å²) in [7, 11) is 1.59. The van der Waals surface area contributed by atoms with Crippen LogP contribution in [0.5, 0.6) is 11.5 Å². The van der Waals surface area contributed by atoms with Gasteiger partial charge in [0.15, 0.2) is 0 Å². The average molecular weight is 451 g/mol. The van der Waals surface area contributed by atoms with Gasteiger partial charge in [0.25, 0.3) is 0 Å². The van der Waals surface area contributed by atoms with Crippen molar-refractivity contribution >= 4 is 11.7 Å². The highest BCUT2D eigenvalue weighted by Crippen LogP contribution is 2.37. The molecule has 32 heavy (non-hydrogen) atoms. The van der Waals surface area contributed by atoms with Gasteiger partial charge in [-0.15, -0.1) is 0 Å². The summed E-state index contributed by atoms with van der Waals surface area (Å²) in [6.07, 6.45) is -2.52. The molecule has 2 amide bonds. The molecule has 2 N–H and O–H groups in total. The maximum atomic E-state index is 13.5. The van der Waals surface area contributed by atoms with Crippen LogP contribution in [0.25, 0.3) is 0 Å². The summed E-state index contributed by atoms with van der Waals surface area (Å²) in [4.78, 5) is 14.8. The Labute approximate surface area is 185 Å². The molecule has 2 aromatic carbocycles. The molecule has 174 valence electrons. The van der Waals surface area contributed by atoms with E-state index in [9.17, 15) is 18.0 Å². The number of ether oxygens (including phenoxy) is 2. The Bertz CT molecular complexity index is 915. The molecule has 1 atom stereocenters. The fourth-order valence-electron chi connectivity index (χ4n) is 3.91. The van der Waals surface area contributed by atoms with Gasteiger partial charge in [0.2, 0.25) is 0 Å². The summed E-state index contributed by atoms with van der Waals surface area (Å²) in [5.74, 6) is 0.800. The van der Waals surface area contributed by atoms with Crippen LogP contribution in [0.3, 0.4) is 0 Å². The first-order chi connectivity index (χ1) is 15.3. The number of hydrogen-bond acceptors (Lipinski definition) is 4. The number of halogens is 3. The van der Waals surface area contributed by atoms with E-state index in [4.69, 9.17) is 9.47 Å². The molecule has 1 aliphatic rings. The lowest BCUT2D eigenvalue weighted by Gasteiger charge is -2.29. The molecule has 0 aromatic heterocycles. The van der Waals surface area contributed by atoms with Gasteiger partial charge in [-0.3, -0.25) is 4.90 Å². The number of nitrogens with one attached hydrogen (secondary N) is 2. The van der Waals surface area contributed by atoms with Gasteiger partial charge in [-0.2, -0.15) is 13.2 Å². The Morgan fingerprint density at radius 1 is 1.16 bits per heavy atom.